The normalized spacial score (nSPS) is 22.9. The molecule has 1 atom stereocenters. The van der Waals surface area contributed by atoms with Crippen molar-refractivity contribution in [3.63, 3.8) is 0 Å². The Labute approximate surface area is 156 Å². The first-order valence-electron chi connectivity index (χ1n) is 9.36. The van der Waals surface area contributed by atoms with E-state index in [0.717, 1.165) is 25.7 Å². The van der Waals surface area contributed by atoms with Crippen LogP contribution in [0.15, 0.2) is 17.2 Å². The maximum absolute atomic E-state index is 12.4. The van der Waals surface area contributed by atoms with Gasteiger partial charge in [-0.2, -0.15) is 10.1 Å². The Hall–Kier alpha value is -2.23. The molecular weight excluding hydrogens is 370 g/mol. The molecule has 1 aliphatic carbocycles. The molecule has 1 saturated carbocycles. The minimum absolute atomic E-state index is 0.0328. The summed E-state index contributed by atoms with van der Waals surface area (Å²) in [7, 11) is -3.06. The molecule has 2 aromatic heterocycles. The zero-order chi connectivity index (χ0) is 19.0. The average Bonchev–Trinajstić information content (AvgIpc) is 3.21. The molecule has 1 amide bonds. The number of carbonyl (C=O) groups is 1. The highest BCUT2D eigenvalue weighted by atomic mass is 32.2. The van der Waals surface area contributed by atoms with Gasteiger partial charge < -0.3 is 5.32 Å². The largest absolute Gasteiger partial charge is 0.352 e. The van der Waals surface area contributed by atoms with E-state index in [1.807, 2.05) is 0 Å². The number of nitrogens with one attached hydrogen (secondary N) is 1. The topological polar surface area (TPSA) is 116 Å². The van der Waals surface area contributed by atoms with E-state index in [1.165, 1.54) is 23.4 Å². The Kier molecular flexibility index (Phi) is 4.75. The first-order chi connectivity index (χ1) is 12.9. The van der Waals surface area contributed by atoms with Crippen LogP contribution in [-0.4, -0.2) is 51.2 Å². The highest BCUT2D eigenvalue weighted by molar-refractivity contribution is 7.91. The summed E-state index contributed by atoms with van der Waals surface area (Å²) in [5.74, 6) is -0.0458. The van der Waals surface area contributed by atoms with Crippen molar-refractivity contribution in [3.05, 3.63) is 22.9 Å². The van der Waals surface area contributed by atoms with Crippen molar-refractivity contribution in [1.29, 1.82) is 0 Å². The number of sulfone groups is 1. The maximum atomic E-state index is 12.4. The first-order valence-corrected chi connectivity index (χ1v) is 11.2. The number of carbonyl (C=O) groups excluding carboxylic acids is 1. The van der Waals surface area contributed by atoms with Crippen molar-refractivity contribution in [3.8, 4) is 0 Å². The van der Waals surface area contributed by atoms with Gasteiger partial charge in [0.2, 0.25) is 5.91 Å². The number of aromatic nitrogens is 4. The minimum Gasteiger partial charge on any atom is -0.352 e. The maximum Gasteiger partial charge on any atom is 0.348 e. The predicted molar refractivity (Wildman–Crippen MR) is 99.1 cm³/mol. The quantitative estimate of drug-likeness (QED) is 0.804. The summed E-state index contributed by atoms with van der Waals surface area (Å²) in [6.45, 7) is -0.117. The highest BCUT2D eigenvalue weighted by Gasteiger charge is 2.31. The van der Waals surface area contributed by atoms with Gasteiger partial charge in [0.1, 0.15) is 12.1 Å². The molecule has 1 unspecified atom stereocenters. The number of rotatable bonds is 4. The van der Waals surface area contributed by atoms with E-state index in [1.54, 1.807) is 4.68 Å². The number of nitrogens with zero attached hydrogens (tertiary/aromatic N) is 4. The molecule has 1 aliphatic heterocycles. The number of amides is 1. The van der Waals surface area contributed by atoms with Gasteiger partial charge >= 0.3 is 5.69 Å². The lowest BCUT2D eigenvalue weighted by Gasteiger charge is -2.22. The van der Waals surface area contributed by atoms with E-state index in [9.17, 15) is 18.0 Å². The van der Waals surface area contributed by atoms with Gasteiger partial charge in [-0.3, -0.25) is 14.0 Å². The third kappa shape index (κ3) is 3.76. The van der Waals surface area contributed by atoms with Crippen LogP contribution in [0.2, 0.25) is 0 Å². The molecule has 1 saturated heterocycles. The summed E-state index contributed by atoms with van der Waals surface area (Å²) in [4.78, 5) is 28.5. The molecule has 1 N–H and O–H groups in total. The summed E-state index contributed by atoms with van der Waals surface area (Å²) in [5.41, 5.74) is 0.556. The summed E-state index contributed by atoms with van der Waals surface area (Å²) in [5, 5.41) is 7.29. The smallest absolute Gasteiger partial charge is 0.348 e. The molecule has 4 rings (SSSR count). The van der Waals surface area contributed by atoms with E-state index >= 15 is 0 Å². The SMILES string of the molecule is O=C(Cn1c(=O)ncc2c1cnn2C1CCS(=O)(=O)C1)NC1CCCCC1. The molecule has 0 radical (unpaired) electrons. The van der Waals surface area contributed by atoms with Crippen LogP contribution in [0.4, 0.5) is 0 Å². The van der Waals surface area contributed by atoms with Crippen LogP contribution in [-0.2, 0) is 21.2 Å². The van der Waals surface area contributed by atoms with Gasteiger partial charge in [-0.15, -0.1) is 0 Å². The molecule has 0 bridgehead atoms. The lowest BCUT2D eigenvalue weighted by atomic mass is 9.95. The molecule has 27 heavy (non-hydrogen) atoms. The highest BCUT2D eigenvalue weighted by Crippen LogP contribution is 2.26. The molecule has 9 nitrogen and oxygen atoms in total. The standard InChI is InChI=1S/C17H23N5O4S/c23-16(20-12-4-2-1-3-5-12)10-21-14-9-19-22(15(14)8-18-17(21)24)13-6-7-27(25,26)11-13/h8-9,12-13H,1-7,10-11H2,(H,20,23). The molecule has 146 valence electrons. The van der Waals surface area contributed by atoms with Crippen LogP contribution >= 0.6 is 0 Å². The molecule has 0 spiro atoms. The second kappa shape index (κ2) is 7.06. The van der Waals surface area contributed by atoms with Crippen molar-refractivity contribution in [1.82, 2.24) is 24.6 Å². The van der Waals surface area contributed by atoms with E-state index in [4.69, 9.17) is 0 Å². The average molecular weight is 393 g/mol. The summed E-state index contributed by atoms with van der Waals surface area (Å²) in [6, 6.07) is -0.100. The number of hydrogen-bond donors (Lipinski definition) is 1. The van der Waals surface area contributed by atoms with Crippen LogP contribution in [0.3, 0.4) is 0 Å². The van der Waals surface area contributed by atoms with Crippen LogP contribution in [0.25, 0.3) is 11.0 Å². The lowest BCUT2D eigenvalue weighted by molar-refractivity contribution is -0.122. The van der Waals surface area contributed by atoms with Crippen LogP contribution in [0.5, 0.6) is 0 Å². The fourth-order valence-corrected chi connectivity index (χ4v) is 5.75. The van der Waals surface area contributed by atoms with Crippen LogP contribution < -0.4 is 11.0 Å². The fourth-order valence-electron chi connectivity index (χ4n) is 4.06. The van der Waals surface area contributed by atoms with Gasteiger partial charge in [0.05, 0.1) is 35.5 Å². The summed E-state index contributed by atoms with van der Waals surface area (Å²) in [6.07, 6.45) is 8.76. The van der Waals surface area contributed by atoms with E-state index < -0.39 is 15.5 Å². The van der Waals surface area contributed by atoms with Crippen LogP contribution in [0, 0.1) is 0 Å². The zero-order valence-electron chi connectivity index (χ0n) is 15.0. The lowest BCUT2D eigenvalue weighted by Crippen LogP contribution is -2.40. The molecule has 2 aliphatic rings. The molecule has 10 heteroatoms. The van der Waals surface area contributed by atoms with Crippen molar-refractivity contribution in [2.45, 2.75) is 57.2 Å². The Balaban J connectivity index is 1.58. The molecular formula is C17H23N5O4S. The van der Waals surface area contributed by atoms with Crippen LogP contribution in [0.1, 0.15) is 44.6 Å². The fraction of sp³-hybridized carbons (Fsp3) is 0.647. The van der Waals surface area contributed by atoms with Crippen molar-refractivity contribution in [2.24, 2.45) is 0 Å². The molecule has 2 aromatic rings. The van der Waals surface area contributed by atoms with E-state index in [0.29, 0.717) is 17.5 Å². The predicted octanol–water partition coefficient (Wildman–Crippen LogP) is 0.401. The van der Waals surface area contributed by atoms with E-state index in [-0.39, 0.29) is 36.0 Å². The van der Waals surface area contributed by atoms with Gasteiger partial charge in [0.15, 0.2) is 9.84 Å². The number of hydrogen-bond acceptors (Lipinski definition) is 6. The Morgan fingerprint density at radius 3 is 2.63 bits per heavy atom. The van der Waals surface area contributed by atoms with Gasteiger partial charge in [-0.1, -0.05) is 19.3 Å². The van der Waals surface area contributed by atoms with Crippen molar-refractivity contribution >= 4 is 26.8 Å². The molecule has 2 fully saturated rings. The summed E-state index contributed by atoms with van der Waals surface area (Å²) < 4.78 is 26.4. The second-order valence-electron chi connectivity index (χ2n) is 7.45. The van der Waals surface area contributed by atoms with Gasteiger partial charge in [0, 0.05) is 6.04 Å². The van der Waals surface area contributed by atoms with Gasteiger partial charge in [-0.25, -0.2) is 13.2 Å². The van der Waals surface area contributed by atoms with Gasteiger partial charge in [0.25, 0.3) is 0 Å². The number of fused-ring (bicyclic) bond motifs is 1. The van der Waals surface area contributed by atoms with Crippen molar-refractivity contribution in [2.75, 3.05) is 11.5 Å². The molecule has 0 aromatic carbocycles. The molecule has 3 heterocycles. The second-order valence-corrected chi connectivity index (χ2v) is 9.67. The third-order valence-corrected chi connectivity index (χ3v) is 7.21. The first kappa shape index (κ1) is 18.1. The third-order valence-electron chi connectivity index (χ3n) is 5.46. The Bertz CT molecular complexity index is 1020. The van der Waals surface area contributed by atoms with E-state index in [2.05, 4.69) is 15.4 Å². The monoisotopic (exact) mass is 393 g/mol. The zero-order valence-corrected chi connectivity index (χ0v) is 15.8. The summed E-state index contributed by atoms with van der Waals surface area (Å²) >= 11 is 0. The minimum atomic E-state index is -3.06. The van der Waals surface area contributed by atoms with Crippen molar-refractivity contribution < 1.29 is 13.2 Å². The Morgan fingerprint density at radius 1 is 1.15 bits per heavy atom. The van der Waals surface area contributed by atoms with Gasteiger partial charge in [-0.05, 0) is 19.3 Å². The Morgan fingerprint density at radius 2 is 1.93 bits per heavy atom.